The molecule has 2 aromatic carbocycles. The second-order valence-electron chi connectivity index (χ2n) is 5.85. The lowest BCUT2D eigenvalue weighted by Gasteiger charge is -2.17. The lowest BCUT2D eigenvalue weighted by atomic mass is 10.1. The largest absolute Gasteiger partial charge is 0.464 e. The highest BCUT2D eigenvalue weighted by atomic mass is 35.5. The van der Waals surface area contributed by atoms with Gasteiger partial charge in [-0.1, -0.05) is 23.7 Å². The van der Waals surface area contributed by atoms with Gasteiger partial charge in [-0.2, -0.15) is 0 Å². The topological polar surface area (TPSA) is 61.2 Å². The van der Waals surface area contributed by atoms with Crippen LogP contribution < -0.4 is 11.3 Å². The average molecular weight is 339 g/mol. The molecular weight excluding hydrogens is 324 g/mol. The van der Waals surface area contributed by atoms with Crippen LogP contribution in [0.25, 0.3) is 27.4 Å². The highest BCUT2D eigenvalue weighted by Gasteiger charge is 2.16. The van der Waals surface area contributed by atoms with E-state index >= 15 is 0 Å². The minimum atomic E-state index is -0.305. The minimum Gasteiger partial charge on any atom is -0.464 e. The predicted molar refractivity (Wildman–Crippen MR) is 96.9 cm³/mol. The normalized spacial score (nSPS) is 12.8. The van der Waals surface area contributed by atoms with Crippen molar-refractivity contribution < 1.29 is 4.42 Å². The first-order valence-corrected chi connectivity index (χ1v) is 8.01. The highest BCUT2D eigenvalue weighted by molar-refractivity contribution is 6.35. The van der Waals surface area contributed by atoms with Gasteiger partial charge in [-0.3, -0.25) is 9.36 Å². The number of halogens is 1. The standard InChI is InChI=1S/C19H15ClN2O2/c1-11(21)16-10-13-3-2-4-15(20)18(13)19(23)22(16)14-5-6-17-12(9-14)7-8-24-17/h2-11H,21H2,1H3/t11-/m0/s1. The van der Waals surface area contributed by atoms with E-state index in [2.05, 4.69) is 0 Å². The van der Waals surface area contributed by atoms with E-state index in [-0.39, 0.29) is 11.6 Å². The van der Waals surface area contributed by atoms with Crippen LogP contribution in [0.1, 0.15) is 18.7 Å². The van der Waals surface area contributed by atoms with Gasteiger partial charge in [0.15, 0.2) is 0 Å². The number of pyridine rings is 1. The third-order valence-corrected chi connectivity index (χ3v) is 4.50. The Morgan fingerprint density at radius 3 is 2.75 bits per heavy atom. The van der Waals surface area contributed by atoms with Crippen LogP contribution in [0, 0.1) is 0 Å². The van der Waals surface area contributed by atoms with Crippen molar-refractivity contribution in [2.24, 2.45) is 5.73 Å². The number of aromatic nitrogens is 1. The van der Waals surface area contributed by atoms with Crippen LogP contribution >= 0.6 is 11.6 Å². The summed E-state index contributed by atoms with van der Waals surface area (Å²) in [6.07, 6.45) is 1.63. The summed E-state index contributed by atoms with van der Waals surface area (Å²) in [7, 11) is 0. The van der Waals surface area contributed by atoms with Gasteiger partial charge in [-0.15, -0.1) is 0 Å². The van der Waals surface area contributed by atoms with E-state index in [9.17, 15) is 4.79 Å². The Kier molecular flexibility index (Phi) is 3.44. The Hall–Kier alpha value is -2.56. The molecule has 5 heteroatoms. The quantitative estimate of drug-likeness (QED) is 0.589. The third-order valence-electron chi connectivity index (χ3n) is 4.19. The third kappa shape index (κ3) is 2.23. The van der Waals surface area contributed by atoms with Gasteiger partial charge < -0.3 is 10.2 Å². The monoisotopic (exact) mass is 338 g/mol. The fourth-order valence-corrected chi connectivity index (χ4v) is 3.30. The maximum absolute atomic E-state index is 13.1. The zero-order valence-electron chi connectivity index (χ0n) is 13.0. The molecule has 0 saturated carbocycles. The Balaban J connectivity index is 2.12. The van der Waals surface area contributed by atoms with Crippen molar-refractivity contribution >= 4 is 33.3 Å². The Bertz CT molecular complexity index is 1130. The fourth-order valence-electron chi connectivity index (χ4n) is 3.03. The number of rotatable bonds is 2. The van der Waals surface area contributed by atoms with Gasteiger partial charge in [0.1, 0.15) is 5.58 Å². The van der Waals surface area contributed by atoms with Crippen LogP contribution in [0.15, 0.2) is 64.0 Å². The van der Waals surface area contributed by atoms with Crippen LogP contribution in [0.4, 0.5) is 0 Å². The molecule has 0 radical (unpaired) electrons. The molecule has 0 aliphatic rings. The van der Waals surface area contributed by atoms with Crippen molar-refractivity contribution in [1.29, 1.82) is 0 Å². The van der Waals surface area contributed by atoms with Crippen molar-refractivity contribution in [3.63, 3.8) is 0 Å². The number of nitrogens with zero attached hydrogens (tertiary/aromatic N) is 1. The zero-order chi connectivity index (χ0) is 16.8. The van der Waals surface area contributed by atoms with Crippen molar-refractivity contribution in [1.82, 2.24) is 4.57 Å². The maximum atomic E-state index is 13.1. The molecule has 4 rings (SSSR count). The molecule has 1 atom stereocenters. The molecule has 4 aromatic rings. The summed E-state index contributed by atoms with van der Waals surface area (Å²) in [5.74, 6) is 0. The summed E-state index contributed by atoms with van der Waals surface area (Å²) in [5, 5.41) is 2.65. The predicted octanol–water partition coefficient (Wildman–Crippen LogP) is 4.41. The second-order valence-corrected chi connectivity index (χ2v) is 6.25. The van der Waals surface area contributed by atoms with E-state index in [0.717, 1.165) is 27.7 Å². The lowest BCUT2D eigenvalue weighted by Crippen LogP contribution is -2.25. The summed E-state index contributed by atoms with van der Waals surface area (Å²) in [6.45, 7) is 1.86. The van der Waals surface area contributed by atoms with Crippen LogP contribution in [0.3, 0.4) is 0 Å². The molecule has 24 heavy (non-hydrogen) atoms. The number of benzene rings is 2. The van der Waals surface area contributed by atoms with Crippen molar-refractivity contribution in [2.75, 3.05) is 0 Å². The zero-order valence-corrected chi connectivity index (χ0v) is 13.7. The van der Waals surface area contributed by atoms with Gasteiger partial charge >= 0.3 is 0 Å². The summed E-state index contributed by atoms with van der Waals surface area (Å²) < 4.78 is 7.00. The van der Waals surface area contributed by atoms with E-state index < -0.39 is 0 Å². The molecule has 2 N–H and O–H groups in total. The van der Waals surface area contributed by atoms with Crippen LogP contribution in [-0.2, 0) is 0 Å². The van der Waals surface area contributed by atoms with Gasteiger partial charge in [-0.25, -0.2) is 0 Å². The summed E-state index contributed by atoms with van der Waals surface area (Å²) in [6, 6.07) is 14.5. The van der Waals surface area contributed by atoms with Crippen molar-refractivity contribution in [3.05, 3.63) is 75.9 Å². The first kappa shape index (κ1) is 15.0. The first-order chi connectivity index (χ1) is 11.6. The first-order valence-electron chi connectivity index (χ1n) is 7.63. The SMILES string of the molecule is C[C@H](N)c1cc2cccc(Cl)c2c(=O)n1-c1ccc2occc2c1. The number of hydrogen-bond acceptors (Lipinski definition) is 3. The summed E-state index contributed by atoms with van der Waals surface area (Å²) in [5.41, 5.74) is 8.20. The molecule has 0 unspecified atom stereocenters. The van der Waals surface area contributed by atoms with Crippen LogP contribution in [0.2, 0.25) is 5.02 Å². The molecule has 2 heterocycles. The van der Waals surface area contributed by atoms with Crippen LogP contribution in [0.5, 0.6) is 0 Å². The molecule has 120 valence electrons. The molecule has 0 aliphatic carbocycles. The molecule has 0 bridgehead atoms. The minimum absolute atomic E-state index is 0.173. The van der Waals surface area contributed by atoms with Gasteiger partial charge in [0, 0.05) is 22.8 Å². The molecule has 0 amide bonds. The number of furan rings is 1. The van der Waals surface area contributed by atoms with E-state index in [1.807, 2.05) is 49.4 Å². The van der Waals surface area contributed by atoms with E-state index in [1.165, 1.54) is 0 Å². The maximum Gasteiger partial charge on any atom is 0.264 e. The molecule has 0 saturated heterocycles. The van der Waals surface area contributed by atoms with E-state index in [4.69, 9.17) is 21.8 Å². The summed E-state index contributed by atoms with van der Waals surface area (Å²) >= 11 is 6.27. The van der Waals surface area contributed by atoms with Crippen molar-refractivity contribution in [2.45, 2.75) is 13.0 Å². The number of fused-ring (bicyclic) bond motifs is 2. The van der Waals surface area contributed by atoms with E-state index in [1.54, 1.807) is 16.9 Å². The second kappa shape index (κ2) is 5.51. The molecule has 0 aliphatic heterocycles. The molecule has 0 spiro atoms. The molecule has 4 nitrogen and oxygen atoms in total. The Labute approximate surface area is 143 Å². The van der Waals surface area contributed by atoms with E-state index in [0.29, 0.717) is 10.4 Å². The molecule has 2 aromatic heterocycles. The van der Waals surface area contributed by atoms with Crippen molar-refractivity contribution in [3.8, 4) is 5.69 Å². The fraction of sp³-hybridized carbons (Fsp3) is 0.105. The lowest BCUT2D eigenvalue weighted by molar-refractivity contribution is 0.616. The Morgan fingerprint density at radius 2 is 1.96 bits per heavy atom. The highest BCUT2D eigenvalue weighted by Crippen LogP contribution is 2.26. The number of nitrogens with two attached hydrogens (primary N) is 1. The number of hydrogen-bond donors (Lipinski definition) is 1. The summed E-state index contributed by atoms with van der Waals surface area (Å²) in [4.78, 5) is 13.1. The average Bonchev–Trinajstić information content (AvgIpc) is 3.02. The molecule has 0 fully saturated rings. The van der Waals surface area contributed by atoms with Gasteiger partial charge in [-0.05, 0) is 48.7 Å². The van der Waals surface area contributed by atoms with Gasteiger partial charge in [0.25, 0.3) is 5.56 Å². The Morgan fingerprint density at radius 1 is 1.12 bits per heavy atom. The van der Waals surface area contributed by atoms with Gasteiger partial charge in [0.2, 0.25) is 0 Å². The molecular formula is C19H15ClN2O2. The smallest absolute Gasteiger partial charge is 0.264 e. The van der Waals surface area contributed by atoms with Crippen LogP contribution in [-0.4, -0.2) is 4.57 Å². The van der Waals surface area contributed by atoms with Gasteiger partial charge in [0.05, 0.1) is 16.7 Å².